The molecule has 0 spiro atoms. The minimum absolute atomic E-state index is 0.0501. The highest BCUT2D eigenvalue weighted by atomic mass is 16.2. The molecule has 10 heteroatoms. The van der Waals surface area contributed by atoms with E-state index in [-0.39, 0.29) is 23.9 Å². The fourth-order valence-corrected chi connectivity index (χ4v) is 3.35. The van der Waals surface area contributed by atoms with Gasteiger partial charge in [0.05, 0.1) is 29.3 Å². The van der Waals surface area contributed by atoms with Crippen molar-refractivity contribution in [2.75, 3.05) is 5.32 Å². The third kappa shape index (κ3) is 3.16. The highest BCUT2D eigenvalue weighted by Crippen LogP contribution is 2.39. The molecule has 0 saturated heterocycles. The molecule has 0 unspecified atom stereocenters. The number of amides is 1. The van der Waals surface area contributed by atoms with E-state index in [2.05, 4.69) is 25.8 Å². The van der Waals surface area contributed by atoms with Crippen LogP contribution < -0.4 is 10.9 Å². The molecule has 1 saturated carbocycles. The topological polar surface area (TPSA) is 111 Å². The van der Waals surface area contributed by atoms with Crippen molar-refractivity contribution >= 4 is 22.6 Å². The van der Waals surface area contributed by atoms with Crippen LogP contribution in [0.3, 0.4) is 0 Å². The van der Waals surface area contributed by atoms with E-state index in [1.165, 1.54) is 4.68 Å². The van der Waals surface area contributed by atoms with Gasteiger partial charge in [-0.1, -0.05) is 19.1 Å². The quantitative estimate of drug-likeness (QED) is 0.552. The van der Waals surface area contributed by atoms with E-state index in [1.54, 1.807) is 33.6 Å². The zero-order valence-electron chi connectivity index (χ0n) is 16.1. The maximum absolute atomic E-state index is 12.9. The molecule has 1 aliphatic carbocycles. The minimum Gasteiger partial charge on any atom is -0.323 e. The molecule has 4 aromatic rings. The monoisotopic (exact) mass is 392 g/mol. The van der Waals surface area contributed by atoms with E-state index in [9.17, 15) is 9.59 Å². The maximum atomic E-state index is 12.9. The van der Waals surface area contributed by atoms with Gasteiger partial charge in [-0.15, -0.1) is 5.10 Å². The zero-order chi connectivity index (χ0) is 20.1. The number of hydrogen-bond acceptors (Lipinski definition) is 6. The van der Waals surface area contributed by atoms with E-state index >= 15 is 0 Å². The lowest BCUT2D eigenvalue weighted by molar-refractivity contribution is -0.117. The van der Waals surface area contributed by atoms with Gasteiger partial charge in [0.25, 0.3) is 5.56 Å². The van der Waals surface area contributed by atoms with Gasteiger partial charge in [0.2, 0.25) is 5.91 Å². The summed E-state index contributed by atoms with van der Waals surface area (Å²) in [5.74, 6) is 0.787. The highest BCUT2D eigenvalue weighted by Gasteiger charge is 2.28. The number of fused-ring (bicyclic) bond motifs is 2. The van der Waals surface area contributed by atoms with Crippen LogP contribution in [0.15, 0.2) is 35.4 Å². The van der Waals surface area contributed by atoms with Crippen molar-refractivity contribution < 1.29 is 4.79 Å². The molecule has 0 bridgehead atoms. The molecule has 10 nitrogen and oxygen atoms in total. The molecule has 0 radical (unpaired) electrons. The van der Waals surface area contributed by atoms with Crippen molar-refractivity contribution in [3.05, 3.63) is 52.5 Å². The molecule has 4 heterocycles. The predicted molar refractivity (Wildman–Crippen MR) is 105 cm³/mol. The molecule has 0 aromatic carbocycles. The van der Waals surface area contributed by atoms with E-state index in [4.69, 9.17) is 0 Å². The second kappa shape index (κ2) is 6.50. The van der Waals surface area contributed by atoms with Crippen molar-refractivity contribution in [3.63, 3.8) is 0 Å². The Labute approximate surface area is 165 Å². The summed E-state index contributed by atoms with van der Waals surface area (Å²) >= 11 is 0. The Hall–Kier alpha value is -3.56. The van der Waals surface area contributed by atoms with Crippen LogP contribution in [0.2, 0.25) is 0 Å². The number of carbonyl (C=O) groups is 1. The summed E-state index contributed by atoms with van der Waals surface area (Å²) in [6.45, 7) is 3.79. The number of nitrogens with one attached hydrogen (secondary N) is 1. The fraction of sp³-hybridized carbons (Fsp3) is 0.368. The van der Waals surface area contributed by atoms with Gasteiger partial charge in [-0.05, 0) is 31.0 Å². The van der Waals surface area contributed by atoms with Gasteiger partial charge in [0.1, 0.15) is 12.1 Å². The largest absolute Gasteiger partial charge is 0.323 e. The second-order valence-electron chi connectivity index (χ2n) is 7.69. The molecule has 0 aliphatic heterocycles. The van der Waals surface area contributed by atoms with Gasteiger partial charge in [-0.3, -0.25) is 9.59 Å². The summed E-state index contributed by atoms with van der Waals surface area (Å²) in [5.41, 5.74) is 2.44. The molecule has 1 aliphatic rings. The molecule has 1 amide bonds. The molecule has 1 N–H and O–H groups in total. The normalized spacial score (nSPS) is 14.2. The molecule has 5 rings (SSSR count). The third-order valence-electron chi connectivity index (χ3n) is 5.01. The summed E-state index contributed by atoms with van der Waals surface area (Å²) in [4.78, 5) is 25.5. The van der Waals surface area contributed by atoms with Gasteiger partial charge in [0, 0.05) is 11.8 Å². The number of aromatic nitrogens is 7. The van der Waals surface area contributed by atoms with Crippen LogP contribution in [-0.4, -0.2) is 40.1 Å². The van der Waals surface area contributed by atoms with E-state index in [1.807, 2.05) is 19.9 Å². The van der Waals surface area contributed by atoms with Crippen LogP contribution in [-0.2, 0) is 11.3 Å². The zero-order valence-corrected chi connectivity index (χ0v) is 16.1. The Morgan fingerprint density at radius 2 is 2.10 bits per heavy atom. The summed E-state index contributed by atoms with van der Waals surface area (Å²) in [6, 6.07) is 5.39. The average Bonchev–Trinajstić information content (AvgIpc) is 3.26. The van der Waals surface area contributed by atoms with Crippen molar-refractivity contribution in [1.82, 2.24) is 34.2 Å². The van der Waals surface area contributed by atoms with Crippen molar-refractivity contribution in [2.45, 2.75) is 45.1 Å². The number of nitrogens with zero attached hydrogens (tertiary/aromatic N) is 7. The molecular formula is C19H20N8O2. The van der Waals surface area contributed by atoms with E-state index < -0.39 is 0 Å². The SMILES string of the molecule is CC(C)c1nn(CC(=O)Nc2ccc3cnnn3c2)c(=O)c2cc(C3CC3)nn12. The van der Waals surface area contributed by atoms with Gasteiger partial charge >= 0.3 is 0 Å². The molecular weight excluding hydrogens is 372 g/mol. The summed E-state index contributed by atoms with van der Waals surface area (Å²) in [7, 11) is 0. The van der Waals surface area contributed by atoms with Crippen LogP contribution >= 0.6 is 0 Å². The third-order valence-corrected chi connectivity index (χ3v) is 5.01. The Bertz CT molecular complexity index is 1290. The Kier molecular flexibility index (Phi) is 3.93. The summed E-state index contributed by atoms with van der Waals surface area (Å²) in [5, 5.41) is 19.5. The number of pyridine rings is 1. The molecule has 1 fully saturated rings. The molecule has 148 valence electrons. The number of anilines is 1. The lowest BCUT2D eigenvalue weighted by Gasteiger charge is -2.12. The smallest absolute Gasteiger partial charge is 0.293 e. The van der Waals surface area contributed by atoms with E-state index in [0.29, 0.717) is 22.9 Å². The van der Waals surface area contributed by atoms with Crippen LogP contribution in [0.1, 0.15) is 50.0 Å². The van der Waals surface area contributed by atoms with Gasteiger partial charge in [0.15, 0.2) is 5.82 Å². The maximum Gasteiger partial charge on any atom is 0.293 e. The Morgan fingerprint density at radius 3 is 2.86 bits per heavy atom. The van der Waals surface area contributed by atoms with Gasteiger partial charge in [-0.25, -0.2) is 13.7 Å². The second-order valence-corrected chi connectivity index (χ2v) is 7.69. The number of rotatable bonds is 5. The first-order chi connectivity index (χ1) is 14.0. The first-order valence-electron chi connectivity index (χ1n) is 9.60. The highest BCUT2D eigenvalue weighted by molar-refractivity contribution is 5.90. The van der Waals surface area contributed by atoms with Crippen molar-refractivity contribution in [2.24, 2.45) is 0 Å². The van der Waals surface area contributed by atoms with Crippen molar-refractivity contribution in [3.8, 4) is 0 Å². The average molecular weight is 392 g/mol. The first kappa shape index (κ1) is 17.5. The fourth-order valence-electron chi connectivity index (χ4n) is 3.35. The van der Waals surface area contributed by atoms with Gasteiger partial charge < -0.3 is 5.32 Å². The summed E-state index contributed by atoms with van der Waals surface area (Å²) in [6.07, 6.45) is 5.49. The molecule has 29 heavy (non-hydrogen) atoms. The lowest BCUT2D eigenvalue weighted by Crippen LogP contribution is -2.32. The van der Waals surface area contributed by atoms with Crippen LogP contribution in [0.5, 0.6) is 0 Å². The summed E-state index contributed by atoms with van der Waals surface area (Å²) < 4.78 is 4.41. The van der Waals surface area contributed by atoms with Crippen LogP contribution in [0.4, 0.5) is 5.69 Å². The number of hydrogen-bond donors (Lipinski definition) is 1. The van der Waals surface area contributed by atoms with Crippen LogP contribution in [0, 0.1) is 0 Å². The molecule has 4 aromatic heterocycles. The van der Waals surface area contributed by atoms with Crippen molar-refractivity contribution in [1.29, 1.82) is 0 Å². The standard InChI is InChI=1S/C19H20N8O2/c1-11(2)18-23-26(19(29)16-7-15(12-3-4-12)22-27(16)18)10-17(28)21-13-5-6-14-8-20-24-25(14)9-13/h5-9,11-12H,3-4,10H2,1-2H3,(H,21,28). The van der Waals surface area contributed by atoms with Gasteiger partial charge in [-0.2, -0.15) is 10.2 Å². The van der Waals surface area contributed by atoms with E-state index in [0.717, 1.165) is 24.1 Å². The number of carbonyl (C=O) groups excluding carboxylic acids is 1. The first-order valence-corrected chi connectivity index (χ1v) is 9.60. The Balaban J connectivity index is 1.46. The predicted octanol–water partition coefficient (Wildman–Crippen LogP) is 1.57. The minimum atomic E-state index is -0.347. The lowest BCUT2D eigenvalue weighted by atomic mass is 10.2. The van der Waals surface area contributed by atoms with Crippen LogP contribution in [0.25, 0.3) is 11.0 Å². The molecule has 0 atom stereocenters. The Morgan fingerprint density at radius 1 is 1.28 bits per heavy atom.